The van der Waals surface area contributed by atoms with E-state index in [1.165, 1.54) is 20.3 Å². The van der Waals surface area contributed by atoms with Gasteiger partial charge in [-0.05, 0) is 53.7 Å². The summed E-state index contributed by atoms with van der Waals surface area (Å²) in [5, 5.41) is 13.0. The summed E-state index contributed by atoms with van der Waals surface area (Å²) < 4.78 is 10.8. The minimum Gasteiger partial charge on any atom is -0.502 e. The molecular formula is C38H33NO7. The highest BCUT2D eigenvalue weighted by Crippen LogP contribution is 2.60. The van der Waals surface area contributed by atoms with Gasteiger partial charge in [0.05, 0.1) is 31.5 Å². The Morgan fingerprint density at radius 1 is 0.870 bits per heavy atom. The number of ether oxygens (including phenoxy) is 2. The minimum absolute atomic E-state index is 0.134. The molecule has 0 bridgehead atoms. The number of benzene rings is 3. The van der Waals surface area contributed by atoms with Crippen LogP contribution < -0.4 is 14.8 Å². The molecule has 6 atom stereocenters. The Kier molecular flexibility index (Phi) is 7.23. The molecule has 4 aliphatic rings. The summed E-state index contributed by atoms with van der Waals surface area (Å²) in [7, 11) is 2.89. The number of phenols is 1. The molecule has 232 valence electrons. The quantitative estimate of drug-likeness (QED) is 0.294. The van der Waals surface area contributed by atoms with Crippen LogP contribution in [0.2, 0.25) is 0 Å². The Morgan fingerprint density at radius 2 is 1.52 bits per heavy atom. The lowest BCUT2D eigenvalue weighted by Crippen LogP contribution is -2.59. The van der Waals surface area contributed by atoms with Crippen molar-refractivity contribution in [3.05, 3.63) is 113 Å². The number of nitrogens with one attached hydrogen (secondary N) is 1. The van der Waals surface area contributed by atoms with Gasteiger partial charge in [-0.2, -0.15) is 0 Å². The van der Waals surface area contributed by atoms with Crippen molar-refractivity contribution >= 4 is 35.0 Å². The summed E-state index contributed by atoms with van der Waals surface area (Å²) in [5.74, 6) is -3.66. The molecule has 2 N–H and O–H groups in total. The fourth-order valence-corrected chi connectivity index (χ4v) is 8.25. The molecule has 1 heterocycles. The largest absolute Gasteiger partial charge is 0.502 e. The number of allylic oxidation sites excluding steroid dienone is 5. The van der Waals surface area contributed by atoms with Crippen LogP contribution in [0.5, 0.6) is 17.2 Å². The molecule has 2 amide bonds. The fourth-order valence-electron chi connectivity index (χ4n) is 8.25. The lowest BCUT2D eigenvalue weighted by molar-refractivity contribution is -0.135. The number of methoxy groups -OCH3 is 2. The van der Waals surface area contributed by atoms with Crippen LogP contribution in [-0.4, -0.2) is 42.7 Å². The standard InChI is InChI=1S/C38H33NO7/c1-45-30-17-21(18-31(46-2)35(30)42)13-16-28-24-14-15-25-33(37(44)39-36(25)43)27(24)19-29-34(41)26(22-9-5-3-6-10-22)20-32(40)38(28,29)23-11-7-4-8-12-23/h3-14,16-18,20,25,27-29,33,42H,15,19H2,1-2H3,(H,39,43,44)/t25-,27+,28-,29-,33-,38-/m0/s1. The number of amides is 2. The highest BCUT2D eigenvalue weighted by Gasteiger charge is 2.64. The fraction of sp³-hybridized carbons (Fsp3) is 0.263. The van der Waals surface area contributed by atoms with Crippen LogP contribution in [0.25, 0.3) is 11.6 Å². The number of carbonyl (C=O) groups is 4. The zero-order chi connectivity index (χ0) is 32.2. The molecule has 0 spiro atoms. The lowest BCUT2D eigenvalue weighted by atomic mass is 9.45. The van der Waals surface area contributed by atoms with Crippen molar-refractivity contribution in [2.75, 3.05) is 14.2 Å². The minimum atomic E-state index is -1.30. The number of carbonyl (C=O) groups excluding carboxylic acids is 4. The zero-order valence-electron chi connectivity index (χ0n) is 25.4. The average molecular weight is 616 g/mol. The van der Waals surface area contributed by atoms with Crippen molar-refractivity contribution < 1.29 is 33.8 Å². The summed E-state index contributed by atoms with van der Waals surface area (Å²) in [6.45, 7) is 0. The first-order chi connectivity index (χ1) is 22.3. The highest BCUT2D eigenvalue weighted by molar-refractivity contribution is 6.31. The van der Waals surface area contributed by atoms with Crippen molar-refractivity contribution in [3.63, 3.8) is 0 Å². The van der Waals surface area contributed by atoms with Crippen LogP contribution in [0.3, 0.4) is 0 Å². The van der Waals surface area contributed by atoms with Gasteiger partial charge in [0, 0.05) is 17.4 Å². The molecule has 3 aromatic carbocycles. The van der Waals surface area contributed by atoms with Gasteiger partial charge in [-0.1, -0.05) is 84.5 Å². The SMILES string of the molecule is COc1cc(C=C[C@H]2C3=CC[C@@H]4C(=O)NC(=O)[C@@H]4[C@@H]3C[C@H]3C(=O)C(c4ccccc4)=CC(=O)[C@@]23c2ccccc2)cc(OC)c1O. The third kappa shape index (κ3) is 4.35. The summed E-state index contributed by atoms with van der Waals surface area (Å²) in [4.78, 5) is 55.7. The van der Waals surface area contributed by atoms with E-state index in [1.807, 2.05) is 78.9 Å². The summed E-state index contributed by atoms with van der Waals surface area (Å²) in [6, 6.07) is 21.9. The molecule has 1 saturated heterocycles. The van der Waals surface area contributed by atoms with E-state index in [1.54, 1.807) is 12.1 Å². The normalized spacial score (nSPS) is 28.5. The van der Waals surface area contributed by atoms with E-state index in [2.05, 4.69) is 5.32 Å². The molecule has 1 saturated carbocycles. The Hall–Kier alpha value is -5.24. The molecule has 3 aromatic rings. The Morgan fingerprint density at radius 3 is 2.17 bits per heavy atom. The summed E-state index contributed by atoms with van der Waals surface area (Å²) in [5.41, 5.74) is 1.95. The van der Waals surface area contributed by atoms with Gasteiger partial charge in [0.25, 0.3) is 0 Å². The third-order valence-corrected chi connectivity index (χ3v) is 10.3. The van der Waals surface area contributed by atoms with Crippen LogP contribution in [0.15, 0.2) is 96.6 Å². The number of fused-ring (bicyclic) bond motifs is 4. The third-order valence-electron chi connectivity index (χ3n) is 10.3. The smallest absolute Gasteiger partial charge is 0.231 e. The maximum Gasteiger partial charge on any atom is 0.231 e. The van der Waals surface area contributed by atoms with Gasteiger partial charge < -0.3 is 14.6 Å². The summed E-state index contributed by atoms with van der Waals surface area (Å²) in [6.07, 6.45) is 7.87. The lowest BCUT2D eigenvalue weighted by Gasteiger charge is -2.54. The molecule has 8 heteroatoms. The Labute approximate surface area is 266 Å². The van der Waals surface area contributed by atoms with E-state index in [-0.39, 0.29) is 47.1 Å². The van der Waals surface area contributed by atoms with Crippen molar-refractivity contribution in [2.24, 2.45) is 29.6 Å². The van der Waals surface area contributed by atoms with Crippen LogP contribution in [0, 0.1) is 29.6 Å². The monoisotopic (exact) mass is 615 g/mol. The first-order valence-corrected chi connectivity index (χ1v) is 15.4. The van der Waals surface area contributed by atoms with E-state index in [0.29, 0.717) is 28.7 Å². The molecule has 3 aliphatic carbocycles. The average Bonchev–Trinajstić information content (AvgIpc) is 3.38. The molecule has 0 aromatic heterocycles. The highest BCUT2D eigenvalue weighted by atomic mass is 16.5. The number of phenolic OH excluding ortho intramolecular Hbond substituents is 1. The van der Waals surface area contributed by atoms with E-state index in [0.717, 1.165) is 5.57 Å². The van der Waals surface area contributed by atoms with Gasteiger partial charge in [0.1, 0.15) is 0 Å². The van der Waals surface area contributed by atoms with Gasteiger partial charge in [0.15, 0.2) is 23.1 Å². The molecule has 7 rings (SSSR count). The molecule has 1 aliphatic heterocycles. The van der Waals surface area contributed by atoms with Gasteiger partial charge in [-0.15, -0.1) is 0 Å². The molecule has 46 heavy (non-hydrogen) atoms. The van der Waals surface area contributed by atoms with E-state index in [9.17, 15) is 24.3 Å². The number of hydrogen-bond acceptors (Lipinski definition) is 7. The van der Waals surface area contributed by atoms with Crippen LogP contribution in [0.1, 0.15) is 29.5 Å². The summed E-state index contributed by atoms with van der Waals surface area (Å²) >= 11 is 0. The zero-order valence-corrected chi connectivity index (χ0v) is 25.4. The van der Waals surface area contributed by atoms with E-state index >= 15 is 0 Å². The Bertz CT molecular complexity index is 1830. The number of Topliss-reactive ketones (excluding diaryl/α,β-unsaturated/α-hetero) is 1. The predicted octanol–water partition coefficient (Wildman–Crippen LogP) is 5.07. The number of ketones is 2. The Balaban J connectivity index is 1.47. The van der Waals surface area contributed by atoms with Gasteiger partial charge in [0.2, 0.25) is 17.6 Å². The maximum absolute atomic E-state index is 14.9. The molecular weight excluding hydrogens is 582 g/mol. The van der Waals surface area contributed by atoms with Gasteiger partial charge >= 0.3 is 0 Å². The molecule has 0 radical (unpaired) electrons. The van der Waals surface area contributed by atoms with Crippen molar-refractivity contribution in [1.29, 1.82) is 0 Å². The maximum atomic E-state index is 14.9. The second kappa shape index (κ2) is 11.3. The van der Waals surface area contributed by atoms with Crippen molar-refractivity contribution in [1.82, 2.24) is 5.32 Å². The van der Waals surface area contributed by atoms with Crippen molar-refractivity contribution in [3.8, 4) is 17.2 Å². The second-order valence-corrected chi connectivity index (χ2v) is 12.3. The van der Waals surface area contributed by atoms with Crippen LogP contribution >= 0.6 is 0 Å². The molecule has 0 unspecified atom stereocenters. The second-order valence-electron chi connectivity index (χ2n) is 12.3. The number of imide groups is 1. The van der Waals surface area contributed by atoms with Gasteiger partial charge in [-0.25, -0.2) is 0 Å². The first-order valence-electron chi connectivity index (χ1n) is 15.4. The number of rotatable bonds is 6. The van der Waals surface area contributed by atoms with E-state index in [4.69, 9.17) is 9.47 Å². The van der Waals surface area contributed by atoms with Crippen molar-refractivity contribution in [2.45, 2.75) is 18.3 Å². The number of hydrogen-bond donors (Lipinski definition) is 2. The topological polar surface area (TPSA) is 119 Å². The predicted molar refractivity (Wildman–Crippen MR) is 171 cm³/mol. The van der Waals surface area contributed by atoms with Gasteiger partial charge in [-0.3, -0.25) is 24.5 Å². The number of aromatic hydroxyl groups is 1. The molecule has 8 nitrogen and oxygen atoms in total. The first kappa shape index (κ1) is 29.5. The van der Waals surface area contributed by atoms with E-state index < -0.39 is 35.0 Å². The van der Waals surface area contributed by atoms with Crippen LogP contribution in [-0.2, 0) is 24.6 Å². The van der Waals surface area contributed by atoms with Crippen LogP contribution in [0.4, 0.5) is 0 Å². The molecule has 2 fully saturated rings.